The van der Waals surface area contributed by atoms with E-state index in [0.29, 0.717) is 0 Å². The molecule has 1 rings (SSSR count). The molecule has 0 unspecified atom stereocenters. The minimum Gasteiger partial charge on any atom is -0.465 e. The van der Waals surface area contributed by atoms with Crippen molar-refractivity contribution in [2.45, 2.75) is 10.4 Å². The number of nitriles is 1. The van der Waals surface area contributed by atoms with Gasteiger partial charge in [0.1, 0.15) is 0 Å². The third-order valence-electron chi connectivity index (χ3n) is 2.02. The molecule has 0 N–H and O–H groups in total. The SMILES string of the molecule is COC(=O)c1cc(C#N)cc(SC(F)(F)F)c1C=O. The molecule has 1 aromatic rings. The van der Waals surface area contributed by atoms with Crippen LogP contribution in [0.5, 0.6) is 0 Å². The predicted molar refractivity (Wildman–Crippen MR) is 59.8 cm³/mol. The summed E-state index contributed by atoms with van der Waals surface area (Å²) >= 11 is -0.567. The van der Waals surface area contributed by atoms with Gasteiger partial charge in [0.15, 0.2) is 6.29 Å². The molecular formula is C11H6F3NO3S. The average molecular weight is 289 g/mol. The molecule has 0 atom stereocenters. The number of methoxy groups -OCH3 is 1. The molecular weight excluding hydrogens is 283 g/mol. The second-order valence-corrected chi connectivity index (χ2v) is 4.31. The number of nitrogens with zero attached hydrogens (tertiary/aromatic N) is 1. The number of carbonyl (C=O) groups excluding carboxylic acids is 2. The molecule has 0 bridgehead atoms. The standard InChI is InChI=1S/C11H6F3NO3S/c1-18-10(17)7-2-6(4-15)3-9(8(7)5-16)19-11(12,13)14/h2-3,5H,1H3. The van der Waals surface area contributed by atoms with Crippen molar-refractivity contribution in [3.05, 3.63) is 28.8 Å². The first-order valence-electron chi connectivity index (χ1n) is 4.69. The van der Waals surface area contributed by atoms with E-state index in [2.05, 4.69) is 4.74 Å². The predicted octanol–water partition coefficient (Wildman–Crippen LogP) is 2.77. The summed E-state index contributed by atoms with van der Waals surface area (Å²) in [5, 5.41) is 8.72. The van der Waals surface area contributed by atoms with Gasteiger partial charge < -0.3 is 4.74 Å². The molecule has 4 nitrogen and oxygen atoms in total. The van der Waals surface area contributed by atoms with Gasteiger partial charge in [0, 0.05) is 10.5 Å². The minimum absolute atomic E-state index is 0.126. The summed E-state index contributed by atoms with van der Waals surface area (Å²) in [7, 11) is 1.02. The summed E-state index contributed by atoms with van der Waals surface area (Å²) in [6.07, 6.45) is 0.126. The highest BCUT2D eigenvalue weighted by Gasteiger charge is 2.32. The minimum atomic E-state index is -4.64. The molecule has 0 aromatic heterocycles. The first-order chi connectivity index (χ1) is 8.82. The van der Waals surface area contributed by atoms with Gasteiger partial charge in [-0.2, -0.15) is 18.4 Å². The molecule has 0 heterocycles. The second kappa shape index (κ2) is 5.75. The van der Waals surface area contributed by atoms with Gasteiger partial charge >= 0.3 is 11.5 Å². The summed E-state index contributed by atoms with van der Waals surface area (Å²) in [5.41, 5.74) is -5.63. The maximum atomic E-state index is 12.4. The number of esters is 1. The number of benzene rings is 1. The maximum absolute atomic E-state index is 12.4. The molecule has 0 saturated heterocycles. The van der Waals surface area contributed by atoms with Crippen molar-refractivity contribution in [3.8, 4) is 6.07 Å². The molecule has 0 radical (unpaired) electrons. The van der Waals surface area contributed by atoms with Crippen molar-refractivity contribution >= 4 is 24.0 Å². The average Bonchev–Trinajstić information content (AvgIpc) is 2.34. The molecule has 100 valence electrons. The number of carbonyl (C=O) groups is 2. The molecule has 0 aliphatic rings. The number of thioether (sulfide) groups is 1. The topological polar surface area (TPSA) is 67.2 Å². The Morgan fingerprint density at radius 2 is 2.11 bits per heavy atom. The van der Waals surface area contributed by atoms with Crippen molar-refractivity contribution in [2.24, 2.45) is 0 Å². The highest BCUT2D eigenvalue weighted by Crippen LogP contribution is 2.39. The lowest BCUT2D eigenvalue weighted by atomic mass is 10.1. The monoisotopic (exact) mass is 289 g/mol. The molecule has 19 heavy (non-hydrogen) atoms. The van der Waals surface area contributed by atoms with Crippen molar-refractivity contribution < 1.29 is 27.5 Å². The molecule has 0 amide bonds. The summed E-state index contributed by atoms with van der Waals surface area (Å²) in [4.78, 5) is 21.8. The number of halogens is 3. The van der Waals surface area contributed by atoms with Crippen LogP contribution in [0.15, 0.2) is 17.0 Å². The maximum Gasteiger partial charge on any atom is 0.446 e. The summed E-state index contributed by atoms with van der Waals surface area (Å²) in [6.45, 7) is 0. The molecule has 0 aliphatic carbocycles. The van der Waals surface area contributed by atoms with Crippen molar-refractivity contribution in [1.29, 1.82) is 5.26 Å². The van der Waals surface area contributed by atoms with Crippen LogP contribution in [-0.2, 0) is 4.74 Å². The van der Waals surface area contributed by atoms with Gasteiger partial charge in [-0.1, -0.05) is 0 Å². The van der Waals surface area contributed by atoms with Crippen LogP contribution < -0.4 is 0 Å². The van der Waals surface area contributed by atoms with Crippen LogP contribution in [-0.4, -0.2) is 24.9 Å². The van der Waals surface area contributed by atoms with E-state index in [-0.39, 0.29) is 17.4 Å². The Kier molecular flexibility index (Phi) is 4.56. The van der Waals surface area contributed by atoms with Crippen molar-refractivity contribution in [1.82, 2.24) is 0 Å². The number of hydrogen-bond donors (Lipinski definition) is 0. The number of ether oxygens (including phenoxy) is 1. The summed E-state index contributed by atoms with van der Waals surface area (Å²) in [6, 6.07) is 3.53. The van der Waals surface area contributed by atoms with Crippen LogP contribution in [0.2, 0.25) is 0 Å². The Hall–Kier alpha value is -2.01. The normalized spacial score (nSPS) is 10.7. The van der Waals surface area contributed by atoms with Gasteiger partial charge in [-0.05, 0) is 23.9 Å². The quantitative estimate of drug-likeness (QED) is 0.486. The van der Waals surface area contributed by atoms with E-state index >= 15 is 0 Å². The Morgan fingerprint density at radius 3 is 2.53 bits per heavy atom. The lowest BCUT2D eigenvalue weighted by Crippen LogP contribution is -2.09. The zero-order valence-corrected chi connectivity index (χ0v) is 10.3. The third kappa shape index (κ3) is 3.72. The number of rotatable bonds is 3. The fourth-order valence-electron chi connectivity index (χ4n) is 1.30. The number of hydrogen-bond acceptors (Lipinski definition) is 5. The van der Waals surface area contributed by atoms with E-state index in [1.165, 1.54) is 0 Å². The van der Waals surface area contributed by atoms with E-state index in [9.17, 15) is 22.8 Å². The fraction of sp³-hybridized carbons (Fsp3) is 0.182. The molecule has 8 heteroatoms. The first-order valence-corrected chi connectivity index (χ1v) is 5.51. The third-order valence-corrected chi connectivity index (χ3v) is 2.81. The Morgan fingerprint density at radius 1 is 1.47 bits per heavy atom. The molecule has 0 saturated carbocycles. The second-order valence-electron chi connectivity index (χ2n) is 3.20. The van der Waals surface area contributed by atoms with Crippen molar-refractivity contribution in [3.63, 3.8) is 0 Å². The Bertz CT molecular complexity index is 564. The largest absolute Gasteiger partial charge is 0.465 e. The Labute approximate surface area is 110 Å². The van der Waals surface area contributed by atoms with Gasteiger partial charge in [-0.25, -0.2) is 4.79 Å². The van der Waals surface area contributed by atoms with E-state index in [0.717, 1.165) is 19.2 Å². The van der Waals surface area contributed by atoms with Crippen LogP contribution in [0.4, 0.5) is 13.2 Å². The number of aldehydes is 1. The lowest BCUT2D eigenvalue weighted by molar-refractivity contribution is -0.0328. The molecule has 1 aromatic carbocycles. The molecule has 0 spiro atoms. The highest BCUT2D eigenvalue weighted by molar-refractivity contribution is 8.00. The smallest absolute Gasteiger partial charge is 0.446 e. The van der Waals surface area contributed by atoms with Gasteiger partial charge in [-0.15, -0.1) is 0 Å². The summed E-state index contributed by atoms with van der Waals surface area (Å²) in [5.74, 6) is -0.983. The van der Waals surface area contributed by atoms with E-state index < -0.39 is 33.7 Å². The highest BCUT2D eigenvalue weighted by atomic mass is 32.2. The number of alkyl halides is 3. The Balaban J connectivity index is 3.48. The van der Waals surface area contributed by atoms with E-state index in [1.807, 2.05) is 0 Å². The summed E-state index contributed by atoms with van der Waals surface area (Å²) < 4.78 is 41.4. The van der Waals surface area contributed by atoms with Crippen molar-refractivity contribution in [2.75, 3.05) is 7.11 Å². The van der Waals surface area contributed by atoms with Gasteiger partial charge in [0.25, 0.3) is 0 Å². The van der Waals surface area contributed by atoms with Gasteiger partial charge in [0.2, 0.25) is 0 Å². The van der Waals surface area contributed by atoms with Gasteiger partial charge in [-0.3, -0.25) is 4.79 Å². The van der Waals surface area contributed by atoms with Crippen LogP contribution in [0.25, 0.3) is 0 Å². The van der Waals surface area contributed by atoms with Crippen LogP contribution >= 0.6 is 11.8 Å². The van der Waals surface area contributed by atoms with Crippen LogP contribution in [0, 0.1) is 11.3 Å². The van der Waals surface area contributed by atoms with E-state index in [4.69, 9.17) is 5.26 Å². The fourth-order valence-corrected chi connectivity index (χ4v) is 2.00. The zero-order valence-electron chi connectivity index (χ0n) is 9.45. The van der Waals surface area contributed by atoms with Crippen LogP contribution in [0.3, 0.4) is 0 Å². The van der Waals surface area contributed by atoms with Crippen LogP contribution in [0.1, 0.15) is 26.3 Å². The zero-order chi connectivity index (χ0) is 14.6. The molecule has 0 aliphatic heterocycles. The lowest BCUT2D eigenvalue weighted by Gasteiger charge is -2.11. The first kappa shape index (κ1) is 15.0. The van der Waals surface area contributed by atoms with E-state index in [1.54, 1.807) is 6.07 Å². The van der Waals surface area contributed by atoms with Gasteiger partial charge in [0.05, 0.1) is 24.3 Å². The molecule has 0 fully saturated rings.